The second-order valence-electron chi connectivity index (χ2n) is 5.06. The van der Waals surface area contributed by atoms with Crippen molar-refractivity contribution in [3.05, 3.63) is 29.8 Å². The van der Waals surface area contributed by atoms with E-state index in [2.05, 4.69) is 11.8 Å². The van der Waals surface area contributed by atoms with Gasteiger partial charge in [0.25, 0.3) is 0 Å². The van der Waals surface area contributed by atoms with Gasteiger partial charge in [0.05, 0.1) is 12.2 Å². The zero-order valence-corrected chi connectivity index (χ0v) is 12.1. The van der Waals surface area contributed by atoms with Gasteiger partial charge in [-0.15, -0.1) is 0 Å². The minimum absolute atomic E-state index is 0.258. The van der Waals surface area contributed by atoms with Crippen molar-refractivity contribution >= 4 is 5.97 Å². The first kappa shape index (κ1) is 14.9. The lowest BCUT2D eigenvalue weighted by Gasteiger charge is -2.14. The van der Waals surface area contributed by atoms with Gasteiger partial charge in [-0.25, -0.2) is 4.79 Å². The van der Waals surface area contributed by atoms with E-state index in [1.54, 1.807) is 12.1 Å². The highest BCUT2D eigenvalue weighted by atomic mass is 16.5. The lowest BCUT2D eigenvalue weighted by atomic mass is 10.2. The van der Waals surface area contributed by atoms with Crippen molar-refractivity contribution in [3.63, 3.8) is 0 Å². The molecule has 1 aliphatic rings. The van der Waals surface area contributed by atoms with Gasteiger partial charge in [0, 0.05) is 6.54 Å². The van der Waals surface area contributed by atoms with Gasteiger partial charge in [0.15, 0.2) is 0 Å². The predicted molar refractivity (Wildman–Crippen MR) is 78.2 cm³/mol. The minimum atomic E-state index is -0.258. The highest BCUT2D eigenvalue weighted by molar-refractivity contribution is 5.89. The summed E-state index contributed by atoms with van der Waals surface area (Å²) in [5.74, 6) is 0.534. The van der Waals surface area contributed by atoms with Crippen LogP contribution in [0, 0.1) is 0 Å². The number of carbonyl (C=O) groups is 1. The Morgan fingerprint density at radius 3 is 2.50 bits per heavy atom. The third-order valence-electron chi connectivity index (χ3n) is 3.40. The number of hydrogen-bond donors (Lipinski definition) is 0. The fraction of sp³-hybridized carbons (Fsp3) is 0.562. The van der Waals surface area contributed by atoms with Gasteiger partial charge in [-0.1, -0.05) is 6.92 Å². The van der Waals surface area contributed by atoms with Crippen molar-refractivity contribution in [1.82, 2.24) is 4.90 Å². The fourth-order valence-corrected chi connectivity index (χ4v) is 2.26. The molecule has 4 heteroatoms. The standard InChI is InChI=1S/C16H23NO3/c1-2-12-19-15-7-5-14(6-8-15)16(18)20-13-11-17-9-3-4-10-17/h5-8H,2-4,9-13H2,1H3. The van der Waals surface area contributed by atoms with Gasteiger partial charge in [-0.05, 0) is 56.6 Å². The lowest BCUT2D eigenvalue weighted by molar-refractivity contribution is 0.0472. The number of rotatable bonds is 7. The van der Waals surface area contributed by atoms with E-state index in [1.807, 2.05) is 12.1 Å². The number of nitrogens with zero attached hydrogens (tertiary/aromatic N) is 1. The Morgan fingerprint density at radius 2 is 1.85 bits per heavy atom. The molecule has 4 nitrogen and oxygen atoms in total. The van der Waals surface area contributed by atoms with Crippen LogP contribution in [0.5, 0.6) is 5.75 Å². The molecular formula is C16H23NO3. The Kier molecular flexibility index (Phi) is 5.87. The first-order chi connectivity index (χ1) is 9.79. The van der Waals surface area contributed by atoms with Crippen molar-refractivity contribution in [2.24, 2.45) is 0 Å². The molecule has 1 aromatic rings. The molecule has 1 aliphatic heterocycles. The Hall–Kier alpha value is -1.55. The number of esters is 1. The fourth-order valence-electron chi connectivity index (χ4n) is 2.26. The Bertz CT molecular complexity index is 410. The molecule has 0 amide bonds. The molecule has 0 aliphatic carbocycles. The Labute approximate surface area is 120 Å². The van der Waals surface area contributed by atoms with E-state index in [4.69, 9.17) is 9.47 Å². The summed E-state index contributed by atoms with van der Waals surface area (Å²) in [7, 11) is 0. The van der Waals surface area contributed by atoms with Crippen LogP contribution in [0.3, 0.4) is 0 Å². The summed E-state index contributed by atoms with van der Waals surface area (Å²) >= 11 is 0. The van der Waals surface area contributed by atoms with Crippen molar-refractivity contribution in [2.45, 2.75) is 26.2 Å². The lowest BCUT2D eigenvalue weighted by Crippen LogP contribution is -2.25. The first-order valence-electron chi connectivity index (χ1n) is 7.42. The molecule has 0 N–H and O–H groups in total. The number of ether oxygens (including phenoxy) is 2. The van der Waals surface area contributed by atoms with E-state index in [1.165, 1.54) is 12.8 Å². The highest BCUT2D eigenvalue weighted by Gasteiger charge is 2.12. The van der Waals surface area contributed by atoms with Gasteiger partial charge in [-0.3, -0.25) is 4.90 Å². The van der Waals surface area contributed by atoms with Gasteiger partial charge in [-0.2, -0.15) is 0 Å². The second-order valence-corrected chi connectivity index (χ2v) is 5.06. The quantitative estimate of drug-likeness (QED) is 0.718. The molecule has 20 heavy (non-hydrogen) atoms. The smallest absolute Gasteiger partial charge is 0.338 e. The van der Waals surface area contributed by atoms with Crippen molar-refractivity contribution in [1.29, 1.82) is 0 Å². The van der Waals surface area contributed by atoms with Crippen LogP contribution < -0.4 is 4.74 Å². The number of carbonyl (C=O) groups excluding carboxylic acids is 1. The zero-order valence-electron chi connectivity index (χ0n) is 12.1. The molecule has 0 saturated carbocycles. The van der Waals surface area contributed by atoms with Crippen molar-refractivity contribution in [2.75, 3.05) is 32.8 Å². The van der Waals surface area contributed by atoms with E-state index in [0.717, 1.165) is 31.8 Å². The molecule has 0 spiro atoms. The molecule has 0 atom stereocenters. The SMILES string of the molecule is CCCOc1ccc(C(=O)OCCN2CCCC2)cc1. The van der Waals surface area contributed by atoms with Gasteiger partial charge >= 0.3 is 5.97 Å². The van der Waals surface area contributed by atoms with E-state index < -0.39 is 0 Å². The van der Waals surface area contributed by atoms with E-state index in [-0.39, 0.29) is 5.97 Å². The summed E-state index contributed by atoms with van der Waals surface area (Å²) < 4.78 is 10.8. The topological polar surface area (TPSA) is 38.8 Å². The van der Waals surface area contributed by atoms with Crippen LogP contribution in [0.1, 0.15) is 36.5 Å². The van der Waals surface area contributed by atoms with E-state index in [0.29, 0.717) is 18.8 Å². The summed E-state index contributed by atoms with van der Waals surface area (Å²) in [4.78, 5) is 14.2. The number of hydrogen-bond acceptors (Lipinski definition) is 4. The summed E-state index contributed by atoms with van der Waals surface area (Å²) in [6, 6.07) is 7.13. The molecule has 0 aromatic heterocycles. The molecule has 2 rings (SSSR count). The molecule has 110 valence electrons. The minimum Gasteiger partial charge on any atom is -0.494 e. The van der Waals surface area contributed by atoms with Crippen LogP contribution >= 0.6 is 0 Å². The zero-order chi connectivity index (χ0) is 14.2. The summed E-state index contributed by atoms with van der Waals surface area (Å²) in [6.45, 7) is 6.31. The largest absolute Gasteiger partial charge is 0.494 e. The first-order valence-corrected chi connectivity index (χ1v) is 7.42. The van der Waals surface area contributed by atoms with Crippen LogP contribution in [0.15, 0.2) is 24.3 Å². The maximum Gasteiger partial charge on any atom is 0.338 e. The molecule has 0 radical (unpaired) electrons. The maximum atomic E-state index is 11.9. The normalized spacial score (nSPS) is 15.2. The summed E-state index contributed by atoms with van der Waals surface area (Å²) in [6.07, 6.45) is 3.49. The van der Waals surface area contributed by atoms with E-state index >= 15 is 0 Å². The highest BCUT2D eigenvalue weighted by Crippen LogP contribution is 2.13. The molecule has 1 fully saturated rings. The maximum absolute atomic E-state index is 11.9. The molecule has 1 saturated heterocycles. The predicted octanol–water partition coefficient (Wildman–Crippen LogP) is 2.73. The Morgan fingerprint density at radius 1 is 1.15 bits per heavy atom. The average molecular weight is 277 g/mol. The van der Waals surface area contributed by atoms with Crippen LogP contribution in [-0.2, 0) is 4.74 Å². The van der Waals surface area contributed by atoms with Crippen LogP contribution in [0.25, 0.3) is 0 Å². The van der Waals surface area contributed by atoms with Crippen LogP contribution in [0.2, 0.25) is 0 Å². The second kappa shape index (κ2) is 7.90. The van der Waals surface area contributed by atoms with Gasteiger partial charge < -0.3 is 9.47 Å². The molecular weight excluding hydrogens is 254 g/mol. The third-order valence-corrected chi connectivity index (χ3v) is 3.40. The molecule has 0 unspecified atom stereocenters. The summed E-state index contributed by atoms with van der Waals surface area (Å²) in [5, 5.41) is 0. The van der Waals surface area contributed by atoms with Gasteiger partial charge in [0.2, 0.25) is 0 Å². The molecule has 0 bridgehead atoms. The summed E-state index contributed by atoms with van der Waals surface area (Å²) in [5.41, 5.74) is 0.579. The molecule has 1 aromatic carbocycles. The molecule has 1 heterocycles. The van der Waals surface area contributed by atoms with Crippen LogP contribution in [-0.4, -0.2) is 43.7 Å². The van der Waals surface area contributed by atoms with E-state index in [9.17, 15) is 4.79 Å². The third kappa shape index (κ3) is 4.53. The van der Waals surface area contributed by atoms with Crippen molar-refractivity contribution < 1.29 is 14.3 Å². The van der Waals surface area contributed by atoms with Crippen LogP contribution in [0.4, 0.5) is 0 Å². The number of benzene rings is 1. The monoisotopic (exact) mass is 277 g/mol. The number of likely N-dealkylation sites (tertiary alicyclic amines) is 1. The Balaban J connectivity index is 1.73. The van der Waals surface area contributed by atoms with Crippen molar-refractivity contribution in [3.8, 4) is 5.75 Å². The average Bonchev–Trinajstić information content (AvgIpc) is 2.99. The van der Waals surface area contributed by atoms with Gasteiger partial charge in [0.1, 0.15) is 12.4 Å².